The quantitative estimate of drug-likeness (QED) is 0.806. The molecule has 0 bridgehead atoms. The average Bonchev–Trinajstić information content (AvgIpc) is 2.31. The molecule has 1 aliphatic rings. The molecule has 1 aromatic heterocycles. The van der Waals surface area contributed by atoms with Crippen LogP contribution in [0.2, 0.25) is 0 Å². The minimum atomic E-state index is -0.311. The molecule has 0 spiro atoms. The van der Waals surface area contributed by atoms with Gasteiger partial charge in [-0.15, -0.1) is 0 Å². The van der Waals surface area contributed by atoms with Crippen LogP contribution in [0, 0.1) is 5.82 Å². The summed E-state index contributed by atoms with van der Waals surface area (Å²) in [5.41, 5.74) is 9.33. The predicted molar refractivity (Wildman–Crippen MR) is 70.5 cm³/mol. The summed E-state index contributed by atoms with van der Waals surface area (Å²) in [5, 5.41) is 0.720. The van der Waals surface area contributed by atoms with Gasteiger partial charge in [0, 0.05) is 21.2 Å². The Balaban J connectivity index is 2.40. The van der Waals surface area contributed by atoms with Gasteiger partial charge in [-0.3, -0.25) is 0 Å². The molecule has 4 heteroatoms. The van der Waals surface area contributed by atoms with E-state index in [0.29, 0.717) is 15.7 Å². The third-order valence-corrected chi connectivity index (χ3v) is 3.79. The standard InChI is InChI=1S/C13H12BrFN2/c14-7-5-9-12(16)8-3-1-2-4-11(8)17-13(9)10(15)6-7/h5-6H,1-4H2,(H2,16,17). The van der Waals surface area contributed by atoms with E-state index in [0.717, 1.165) is 42.3 Å². The van der Waals surface area contributed by atoms with Crippen molar-refractivity contribution >= 4 is 32.5 Å². The smallest absolute Gasteiger partial charge is 0.150 e. The van der Waals surface area contributed by atoms with E-state index in [9.17, 15) is 4.39 Å². The zero-order valence-electron chi connectivity index (χ0n) is 9.26. The van der Waals surface area contributed by atoms with Gasteiger partial charge in [0.2, 0.25) is 0 Å². The highest BCUT2D eigenvalue weighted by Crippen LogP contribution is 2.33. The van der Waals surface area contributed by atoms with E-state index < -0.39 is 0 Å². The van der Waals surface area contributed by atoms with Crippen LogP contribution in [0.25, 0.3) is 10.9 Å². The molecular weight excluding hydrogens is 283 g/mol. The highest BCUT2D eigenvalue weighted by atomic mass is 79.9. The van der Waals surface area contributed by atoms with Crippen LogP contribution in [-0.4, -0.2) is 4.98 Å². The SMILES string of the molecule is Nc1c2c(nc3c(F)cc(Br)cc13)CCCC2. The number of anilines is 1. The van der Waals surface area contributed by atoms with Crippen LogP contribution in [0.1, 0.15) is 24.1 Å². The van der Waals surface area contributed by atoms with Crippen molar-refractivity contribution in [2.45, 2.75) is 25.7 Å². The molecule has 0 aliphatic heterocycles. The van der Waals surface area contributed by atoms with Crippen molar-refractivity contribution < 1.29 is 4.39 Å². The van der Waals surface area contributed by atoms with Crippen LogP contribution >= 0.6 is 15.9 Å². The first-order valence-electron chi connectivity index (χ1n) is 5.73. The van der Waals surface area contributed by atoms with Gasteiger partial charge in [-0.05, 0) is 43.4 Å². The fourth-order valence-corrected chi connectivity index (χ4v) is 2.92. The number of hydrogen-bond donors (Lipinski definition) is 1. The van der Waals surface area contributed by atoms with E-state index >= 15 is 0 Å². The van der Waals surface area contributed by atoms with Gasteiger partial charge in [0.25, 0.3) is 0 Å². The van der Waals surface area contributed by atoms with Crippen LogP contribution in [-0.2, 0) is 12.8 Å². The number of fused-ring (bicyclic) bond motifs is 2. The van der Waals surface area contributed by atoms with Crippen molar-refractivity contribution in [1.29, 1.82) is 0 Å². The third kappa shape index (κ3) is 1.71. The number of rotatable bonds is 0. The predicted octanol–water partition coefficient (Wildman–Crippen LogP) is 3.60. The van der Waals surface area contributed by atoms with Crippen LogP contribution in [0.4, 0.5) is 10.1 Å². The van der Waals surface area contributed by atoms with Crippen LogP contribution in [0.15, 0.2) is 16.6 Å². The number of nitrogen functional groups attached to an aromatic ring is 1. The van der Waals surface area contributed by atoms with E-state index in [1.807, 2.05) is 6.07 Å². The minimum Gasteiger partial charge on any atom is -0.398 e. The van der Waals surface area contributed by atoms with Gasteiger partial charge in [-0.1, -0.05) is 15.9 Å². The number of nitrogens with two attached hydrogens (primary N) is 1. The Labute approximate surface area is 107 Å². The molecule has 0 saturated heterocycles. The highest BCUT2D eigenvalue weighted by molar-refractivity contribution is 9.10. The number of halogens is 2. The van der Waals surface area contributed by atoms with Crippen molar-refractivity contribution in [1.82, 2.24) is 4.98 Å². The molecule has 2 nitrogen and oxygen atoms in total. The molecule has 17 heavy (non-hydrogen) atoms. The third-order valence-electron chi connectivity index (χ3n) is 3.33. The van der Waals surface area contributed by atoms with Crippen molar-refractivity contribution in [2.24, 2.45) is 0 Å². The summed E-state index contributed by atoms with van der Waals surface area (Å²) in [7, 11) is 0. The van der Waals surface area contributed by atoms with Crippen molar-refractivity contribution in [2.75, 3.05) is 5.73 Å². The summed E-state index contributed by atoms with van der Waals surface area (Å²) in [4.78, 5) is 4.44. The molecule has 3 rings (SSSR count). The second-order valence-corrected chi connectivity index (χ2v) is 5.36. The Hall–Kier alpha value is -1.16. The molecule has 2 N–H and O–H groups in total. The lowest BCUT2D eigenvalue weighted by Gasteiger charge is -2.18. The van der Waals surface area contributed by atoms with Crippen molar-refractivity contribution in [3.8, 4) is 0 Å². The minimum absolute atomic E-state index is 0.311. The fourth-order valence-electron chi connectivity index (χ4n) is 2.49. The molecule has 1 aromatic carbocycles. The summed E-state index contributed by atoms with van der Waals surface area (Å²) in [6.45, 7) is 0. The lowest BCUT2D eigenvalue weighted by molar-refractivity contribution is 0.631. The molecular formula is C13H12BrFN2. The van der Waals surface area contributed by atoms with Gasteiger partial charge in [-0.25, -0.2) is 9.37 Å². The Morgan fingerprint density at radius 2 is 2.00 bits per heavy atom. The van der Waals surface area contributed by atoms with E-state index in [1.165, 1.54) is 6.07 Å². The number of aromatic nitrogens is 1. The van der Waals surface area contributed by atoms with Gasteiger partial charge in [-0.2, -0.15) is 0 Å². The molecule has 0 radical (unpaired) electrons. The molecule has 0 amide bonds. The molecule has 0 atom stereocenters. The van der Waals surface area contributed by atoms with Crippen LogP contribution < -0.4 is 5.73 Å². The Morgan fingerprint density at radius 1 is 1.24 bits per heavy atom. The first-order chi connectivity index (χ1) is 8.16. The zero-order valence-corrected chi connectivity index (χ0v) is 10.8. The molecule has 0 saturated carbocycles. The van der Waals surface area contributed by atoms with E-state index in [2.05, 4.69) is 20.9 Å². The Kier molecular flexibility index (Phi) is 2.54. The first kappa shape index (κ1) is 11.0. The lowest BCUT2D eigenvalue weighted by Crippen LogP contribution is -2.10. The average molecular weight is 295 g/mol. The summed E-state index contributed by atoms with van der Waals surface area (Å²) in [6.07, 6.45) is 4.12. The second-order valence-electron chi connectivity index (χ2n) is 4.44. The number of pyridine rings is 1. The van der Waals surface area contributed by atoms with Gasteiger partial charge < -0.3 is 5.73 Å². The lowest BCUT2D eigenvalue weighted by atomic mass is 9.93. The summed E-state index contributed by atoms with van der Waals surface area (Å²) in [5.74, 6) is -0.311. The number of benzene rings is 1. The summed E-state index contributed by atoms with van der Waals surface area (Å²) >= 11 is 3.29. The summed E-state index contributed by atoms with van der Waals surface area (Å²) in [6, 6.07) is 3.28. The van der Waals surface area contributed by atoms with E-state index in [4.69, 9.17) is 5.73 Å². The molecule has 2 aromatic rings. The van der Waals surface area contributed by atoms with Crippen LogP contribution in [0.3, 0.4) is 0 Å². The van der Waals surface area contributed by atoms with Crippen molar-refractivity contribution in [3.05, 3.63) is 33.7 Å². The maximum absolute atomic E-state index is 13.8. The summed E-state index contributed by atoms with van der Waals surface area (Å²) < 4.78 is 14.5. The fraction of sp³-hybridized carbons (Fsp3) is 0.308. The van der Waals surface area contributed by atoms with E-state index in [-0.39, 0.29) is 5.82 Å². The van der Waals surface area contributed by atoms with Gasteiger partial charge in [0.15, 0.2) is 5.82 Å². The number of hydrogen-bond acceptors (Lipinski definition) is 2. The van der Waals surface area contributed by atoms with Gasteiger partial charge in [0.05, 0.1) is 0 Å². The first-order valence-corrected chi connectivity index (χ1v) is 6.52. The zero-order chi connectivity index (χ0) is 12.0. The second kappa shape index (κ2) is 3.95. The topological polar surface area (TPSA) is 38.9 Å². The van der Waals surface area contributed by atoms with Gasteiger partial charge in [0.1, 0.15) is 5.52 Å². The number of nitrogens with zero attached hydrogens (tertiary/aromatic N) is 1. The molecule has 1 aliphatic carbocycles. The normalized spacial score (nSPS) is 14.9. The molecule has 0 fully saturated rings. The molecule has 0 unspecified atom stereocenters. The van der Waals surface area contributed by atoms with Crippen LogP contribution in [0.5, 0.6) is 0 Å². The highest BCUT2D eigenvalue weighted by Gasteiger charge is 2.18. The maximum Gasteiger partial charge on any atom is 0.150 e. The maximum atomic E-state index is 13.8. The van der Waals surface area contributed by atoms with Gasteiger partial charge >= 0.3 is 0 Å². The van der Waals surface area contributed by atoms with E-state index in [1.54, 1.807) is 0 Å². The Morgan fingerprint density at radius 3 is 2.82 bits per heavy atom. The monoisotopic (exact) mass is 294 g/mol. The molecule has 1 heterocycles. The number of aryl methyl sites for hydroxylation is 1. The Bertz CT molecular complexity index is 610. The molecule has 88 valence electrons. The largest absolute Gasteiger partial charge is 0.398 e. The van der Waals surface area contributed by atoms with Crippen molar-refractivity contribution in [3.63, 3.8) is 0 Å².